The molecule has 0 aromatic heterocycles. The maximum Gasteiger partial charge on any atom is 0.246 e. The van der Waals surface area contributed by atoms with E-state index in [1.165, 1.54) is 12.2 Å². The average Bonchev–Trinajstić information content (AvgIpc) is 2.98. The summed E-state index contributed by atoms with van der Waals surface area (Å²) in [6.45, 7) is 3.59. The fourth-order valence-corrected chi connectivity index (χ4v) is 5.68. The maximum atomic E-state index is 13.4. The van der Waals surface area contributed by atoms with Gasteiger partial charge in [-0.15, -0.1) is 0 Å². The summed E-state index contributed by atoms with van der Waals surface area (Å²) in [5, 5.41) is 35.2. The molecule has 210 valence electrons. The van der Waals surface area contributed by atoms with Crippen molar-refractivity contribution in [2.24, 2.45) is 5.92 Å². The molecule has 39 heavy (non-hydrogen) atoms. The zero-order chi connectivity index (χ0) is 28.4. The molecule has 0 heterocycles. The molecule has 0 saturated carbocycles. The number of nitrogens with one attached hydrogen (secondary N) is 2. The summed E-state index contributed by atoms with van der Waals surface area (Å²) >= 11 is 0. The van der Waals surface area contributed by atoms with Crippen LogP contribution in [0, 0.1) is 16.0 Å². The quantitative estimate of drug-likeness (QED) is 0.240. The van der Waals surface area contributed by atoms with Gasteiger partial charge < -0.3 is 15.5 Å². The molecule has 0 unspecified atom stereocenters. The molecule has 4 atom stereocenters. The van der Waals surface area contributed by atoms with Crippen molar-refractivity contribution in [3.8, 4) is 0 Å². The number of sulfonamides is 1. The molecule has 0 saturated heterocycles. The molecular weight excluding hydrogens is 522 g/mol. The highest BCUT2D eigenvalue weighted by molar-refractivity contribution is 7.93. The van der Waals surface area contributed by atoms with Crippen molar-refractivity contribution < 1.29 is 28.3 Å². The first-order chi connectivity index (χ1) is 18.5. The van der Waals surface area contributed by atoms with Crippen molar-refractivity contribution in [2.75, 3.05) is 6.54 Å². The molecule has 11 heteroatoms. The molecule has 1 aromatic rings. The fourth-order valence-electron chi connectivity index (χ4n) is 4.46. The Bertz CT molecular complexity index is 1270. The van der Waals surface area contributed by atoms with Gasteiger partial charge in [0.25, 0.3) is 0 Å². The number of carbonyl (C=O) groups is 1. The largest absolute Gasteiger partial charge is 0.392 e. The number of hydrogen-bond acceptors (Lipinski definition) is 7. The van der Waals surface area contributed by atoms with Crippen LogP contribution in [0.3, 0.4) is 0 Å². The first kappa shape index (κ1) is 30.2. The Morgan fingerprint density at radius 3 is 2.59 bits per heavy atom. The van der Waals surface area contributed by atoms with Crippen molar-refractivity contribution in [3.05, 3.63) is 105 Å². The van der Waals surface area contributed by atoms with Crippen LogP contribution in [0.4, 0.5) is 0 Å². The smallest absolute Gasteiger partial charge is 0.246 e. The molecule has 0 spiro atoms. The van der Waals surface area contributed by atoms with Gasteiger partial charge in [-0.05, 0) is 43.7 Å². The molecule has 0 aliphatic heterocycles. The molecule has 10 nitrogen and oxygen atoms in total. The fraction of sp³-hybridized carbons (Fsp3) is 0.393. The van der Waals surface area contributed by atoms with Crippen molar-refractivity contribution in [3.63, 3.8) is 0 Å². The number of benzene rings is 1. The zero-order valence-corrected chi connectivity index (χ0v) is 22.4. The molecule has 0 radical (unpaired) electrons. The lowest BCUT2D eigenvalue weighted by atomic mass is 9.91. The number of carbonyl (C=O) groups excluding carboxylic acids is 1. The third-order valence-electron chi connectivity index (χ3n) is 6.66. The monoisotopic (exact) mass is 557 g/mol. The first-order valence-electron chi connectivity index (χ1n) is 12.8. The van der Waals surface area contributed by atoms with Crippen LogP contribution < -0.4 is 10.0 Å². The maximum absolute atomic E-state index is 13.4. The van der Waals surface area contributed by atoms with Crippen LogP contribution in [-0.2, 0) is 21.2 Å². The molecule has 0 fully saturated rings. The number of aliphatic hydroxyl groups is 2. The summed E-state index contributed by atoms with van der Waals surface area (Å²) < 4.78 is 27.7. The van der Waals surface area contributed by atoms with Gasteiger partial charge in [0, 0.05) is 25.0 Å². The van der Waals surface area contributed by atoms with Crippen LogP contribution in [0.5, 0.6) is 0 Å². The molecule has 4 N–H and O–H groups in total. The van der Waals surface area contributed by atoms with Crippen molar-refractivity contribution >= 4 is 15.9 Å². The van der Waals surface area contributed by atoms with Gasteiger partial charge in [-0.2, -0.15) is 0 Å². The predicted octanol–water partition coefficient (Wildman–Crippen LogP) is 2.66. The standard InChI is InChI=1S/C28H35N3O7S/c1-20-8-4-2-7-11-26(27(33)16-20)30-28(34)22(17-21-9-5-3-6-10-21)18-24(32)19-29-39(37,38)25-14-12-23(13-15-25)31(35)36/h2-10,12,14,22,24,26-27,29,32-33H,1,11,13,15-19H2,(H,30,34)/b7-2-,8-4-/t22-,24+,26+,27-/m1/s1. The molecular formula is C28H35N3O7S. The van der Waals surface area contributed by atoms with E-state index in [0.29, 0.717) is 19.3 Å². The van der Waals surface area contributed by atoms with Crippen LogP contribution in [0.1, 0.15) is 37.7 Å². The zero-order valence-electron chi connectivity index (χ0n) is 21.6. The Hall–Kier alpha value is -3.38. The Labute approximate surface area is 228 Å². The van der Waals surface area contributed by atoms with E-state index in [2.05, 4.69) is 16.6 Å². The lowest BCUT2D eigenvalue weighted by Crippen LogP contribution is -2.47. The number of nitro groups is 1. The Morgan fingerprint density at radius 2 is 1.92 bits per heavy atom. The predicted molar refractivity (Wildman–Crippen MR) is 148 cm³/mol. The second-order valence-electron chi connectivity index (χ2n) is 9.74. The highest BCUT2D eigenvalue weighted by atomic mass is 32.2. The first-order valence-corrected chi connectivity index (χ1v) is 14.3. The number of aliphatic hydroxyl groups excluding tert-OH is 2. The lowest BCUT2D eigenvalue weighted by molar-refractivity contribution is -0.428. The van der Waals surface area contributed by atoms with Gasteiger partial charge in [0.2, 0.25) is 21.6 Å². The minimum atomic E-state index is -3.96. The van der Waals surface area contributed by atoms with Gasteiger partial charge in [-0.3, -0.25) is 14.9 Å². The topological polar surface area (TPSA) is 159 Å². The van der Waals surface area contributed by atoms with Crippen LogP contribution in [-0.4, -0.2) is 54.3 Å². The molecule has 3 rings (SSSR count). The van der Waals surface area contributed by atoms with E-state index in [1.54, 1.807) is 6.08 Å². The van der Waals surface area contributed by atoms with Crippen molar-refractivity contribution in [1.82, 2.24) is 10.0 Å². The summed E-state index contributed by atoms with van der Waals surface area (Å²) in [6.07, 6.45) is 8.62. The summed E-state index contributed by atoms with van der Waals surface area (Å²) in [5.74, 6) is -1.06. The average molecular weight is 558 g/mol. The van der Waals surface area contributed by atoms with Gasteiger partial charge in [0.15, 0.2) is 0 Å². The summed E-state index contributed by atoms with van der Waals surface area (Å²) in [6, 6.07) is 8.71. The summed E-state index contributed by atoms with van der Waals surface area (Å²) in [5.41, 5.74) is 1.54. The number of nitrogens with zero attached hydrogens (tertiary/aromatic N) is 1. The summed E-state index contributed by atoms with van der Waals surface area (Å²) in [7, 11) is -3.96. The van der Waals surface area contributed by atoms with Crippen molar-refractivity contribution in [1.29, 1.82) is 0 Å². The van der Waals surface area contributed by atoms with E-state index < -0.39 is 39.1 Å². The number of amides is 1. The van der Waals surface area contributed by atoms with Gasteiger partial charge in [0.1, 0.15) is 0 Å². The van der Waals surface area contributed by atoms with Gasteiger partial charge in [-0.25, -0.2) is 13.1 Å². The Kier molecular flexibility index (Phi) is 10.9. The third-order valence-corrected chi connectivity index (χ3v) is 8.24. The minimum Gasteiger partial charge on any atom is -0.392 e. The van der Waals surface area contributed by atoms with Crippen LogP contribution in [0.2, 0.25) is 0 Å². The highest BCUT2D eigenvalue weighted by Crippen LogP contribution is 2.23. The molecule has 1 amide bonds. The SMILES string of the molecule is C=C1/C=C\C=C/C[C@H](NC(=O)[C@H](Cc2ccccc2)C[C@H](O)CNS(=O)(=O)C2=CC=C([N+](=O)[O-])CC2)[C@H](O)C1. The van der Waals surface area contributed by atoms with Gasteiger partial charge in [0.05, 0.1) is 28.1 Å². The summed E-state index contributed by atoms with van der Waals surface area (Å²) in [4.78, 5) is 23.7. The highest BCUT2D eigenvalue weighted by Gasteiger charge is 2.29. The molecule has 2 aliphatic rings. The lowest BCUT2D eigenvalue weighted by Gasteiger charge is -2.27. The Balaban J connectivity index is 1.67. The minimum absolute atomic E-state index is 0.00259. The van der Waals surface area contributed by atoms with Crippen LogP contribution in [0.25, 0.3) is 0 Å². The van der Waals surface area contributed by atoms with E-state index in [0.717, 1.165) is 11.1 Å². The van der Waals surface area contributed by atoms with E-state index in [4.69, 9.17) is 0 Å². The third kappa shape index (κ3) is 9.39. The molecule has 0 bridgehead atoms. The van der Waals surface area contributed by atoms with E-state index in [1.807, 2.05) is 48.6 Å². The van der Waals surface area contributed by atoms with Gasteiger partial charge in [-0.1, -0.05) is 66.8 Å². The van der Waals surface area contributed by atoms with E-state index >= 15 is 0 Å². The molecule has 1 aromatic carbocycles. The van der Waals surface area contributed by atoms with Crippen molar-refractivity contribution in [2.45, 2.75) is 56.8 Å². The number of hydrogen-bond donors (Lipinski definition) is 4. The molecule has 2 aliphatic carbocycles. The second-order valence-corrected chi connectivity index (χ2v) is 11.6. The van der Waals surface area contributed by atoms with E-state index in [9.17, 15) is 33.5 Å². The van der Waals surface area contributed by atoms with Crippen LogP contribution in [0.15, 0.2) is 89.5 Å². The number of allylic oxidation sites excluding steroid dienone is 7. The Morgan fingerprint density at radius 1 is 1.18 bits per heavy atom. The van der Waals surface area contributed by atoms with Gasteiger partial charge >= 0.3 is 0 Å². The van der Waals surface area contributed by atoms with Crippen LogP contribution >= 0.6 is 0 Å². The van der Waals surface area contributed by atoms with E-state index in [-0.39, 0.29) is 42.3 Å². The normalized spacial score (nSPS) is 23.2. The second kappa shape index (κ2) is 14.1. The number of rotatable bonds is 11.